The van der Waals surface area contributed by atoms with Crippen LogP contribution in [0.25, 0.3) is 16.5 Å². The van der Waals surface area contributed by atoms with E-state index in [1.807, 2.05) is 48.5 Å². The molecule has 6 nitrogen and oxygen atoms in total. The lowest BCUT2D eigenvalue weighted by molar-refractivity contribution is -0.141. The van der Waals surface area contributed by atoms with Crippen LogP contribution >= 0.6 is 0 Å². The molecule has 1 aliphatic heterocycles. The SMILES string of the molecule is COc1cccc(C2/C(=C(\O)c3ccc4ccccc4c3)C(=O)C(=O)N2C2CCCC2)c1OC. The van der Waals surface area contributed by atoms with E-state index < -0.39 is 17.7 Å². The van der Waals surface area contributed by atoms with E-state index in [0.717, 1.165) is 36.5 Å². The van der Waals surface area contributed by atoms with Crippen LogP contribution in [0.4, 0.5) is 0 Å². The molecule has 1 atom stereocenters. The molecule has 5 rings (SSSR count). The average molecular weight is 458 g/mol. The van der Waals surface area contributed by atoms with Gasteiger partial charge < -0.3 is 19.5 Å². The molecule has 6 heteroatoms. The number of benzene rings is 3. The van der Waals surface area contributed by atoms with E-state index in [9.17, 15) is 14.7 Å². The molecular formula is C28H27NO5. The zero-order valence-electron chi connectivity index (χ0n) is 19.3. The maximum atomic E-state index is 13.4. The molecule has 174 valence electrons. The van der Waals surface area contributed by atoms with Gasteiger partial charge in [0.2, 0.25) is 0 Å². The Hall–Kier alpha value is -3.80. The molecule has 1 saturated carbocycles. The summed E-state index contributed by atoms with van der Waals surface area (Å²) in [6.07, 6.45) is 3.65. The Labute approximate surface area is 198 Å². The normalized spacial score (nSPS) is 20.3. The molecule has 3 aromatic carbocycles. The summed E-state index contributed by atoms with van der Waals surface area (Å²) in [6.45, 7) is 0. The molecule has 0 aromatic heterocycles. The first-order valence-corrected chi connectivity index (χ1v) is 11.5. The van der Waals surface area contributed by atoms with Crippen LogP contribution in [0.3, 0.4) is 0 Å². The summed E-state index contributed by atoms with van der Waals surface area (Å²) >= 11 is 0. The Bertz CT molecular complexity index is 1310. The van der Waals surface area contributed by atoms with Gasteiger partial charge in [0, 0.05) is 17.2 Å². The summed E-state index contributed by atoms with van der Waals surface area (Å²) < 4.78 is 11.2. The number of Topliss-reactive ketones (excluding diaryl/α,β-unsaturated/α-hetero) is 1. The van der Waals surface area contributed by atoms with Crippen molar-refractivity contribution < 1.29 is 24.2 Å². The third-order valence-electron chi connectivity index (χ3n) is 6.95. The molecular weight excluding hydrogens is 430 g/mol. The minimum atomic E-state index is -0.764. The zero-order chi connectivity index (χ0) is 23.8. The number of para-hydroxylation sites is 1. The Morgan fingerprint density at radius 3 is 2.35 bits per heavy atom. The number of ketones is 1. The Balaban J connectivity index is 1.74. The molecule has 1 saturated heterocycles. The van der Waals surface area contributed by atoms with E-state index in [4.69, 9.17) is 9.47 Å². The lowest BCUT2D eigenvalue weighted by Crippen LogP contribution is -2.37. The van der Waals surface area contributed by atoms with Crippen molar-refractivity contribution in [2.75, 3.05) is 14.2 Å². The summed E-state index contributed by atoms with van der Waals surface area (Å²) in [6, 6.07) is 17.9. The number of hydrogen-bond acceptors (Lipinski definition) is 5. The fourth-order valence-electron chi connectivity index (χ4n) is 5.33. The highest BCUT2D eigenvalue weighted by atomic mass is 16.5. The summed E-state index contributed by atoms with van der Waals surface area (Å²) in [5.74, 6) is -0.483. The number of aliphatic hydroxyl groups is 1. The molecule has 1 N–H and O–H groups in total. The summed E-state index contributed by atoms with van der Waals surface area (Å²) in [5, 5.41) is 13.4. The zero-order valence-corrected chi connectivity index (χ0v) is 19.3. The number of fused-ring (bicyclic) bond motifs is 1. The van der Waals surface area contributed by atoms with E-state index in [0.29, 0.717) is 22.6 Å². The molecule has 1 amide bonds. The number of ether oxygens (including phenoxy) is 2. The van der Waals surface area contributed by atoms with Crippen molar-refractivity contribution in [2.24, 2.45) is 0 Å². The van der Waals surface area contributed by atoms with Crippen LogP contribution in [0.15, 0.2) is 66.2 Å². The standard InChI is InChI=1S/C28H27NO5/c1-33-22-13-7-12-21(27(22)34-2)24-23(26(31)28(32)29(24)20-10-5-6-11-20)25(30)19-15-14-17-8-3-4-9-18(17)16-19/h3-4,7-9,12-16,20,24,30H,5-6,10-11H2,1-2H3/b25-23+. The minimum Gasteiger partial charge on any atom is -0.507 e. The van der Waals surface area contributed by atoms with E-state index in [1.54, 1.807) is 24.1 Å². The highest BCUT2D eigenvalue weighted by molar-refractivity contribution is 6.46. The number of rotatable bonds is 5. The van der Waals surface area contributed by atoms with Gasteiger partial charge in [-0.1, -0.05) is 61.4 Å². The van der Waals surface area contributed by atoms with Crippen molar-refractivity contribution in [1.82, 2.24) is 4.90 Å². The minimum absolute atomic E-state index is 0.0701. The van der Waals surface area contributed by atoms with Crippen molar-refractivity contribution in [1.29, 1.82) is 0 Å². The van der Waals surface area contributed by atoms with Gasteiger partial charge in [-0.15, -0.1) is 0 Å². The van der Waals surface area contributed by atoms with Gasteiger partial charge in [-0.3, -0.25) is 9.59 Å². The number of amides is 1. The van der Waals surface area contributed by atoms with Crippen molar-refractivity contribution in [3.63, 3.8) is 0 Å². The van der Waals surface area contributed by atoms with Crippen LogP contribution in [0.1, 0.15) is 42.9 Å². The number of carbonyl (C=O) groups excluding carboxylic acids is 2. The maximum absolute atomic E-state index is 13.4. The predicted molar refractivity (Wildman–Crippen MR) is 130 cm³/mol. The lowest BCUT2D eigenvalue weighted by Gasteiger charge is -2.31. The van der Waals surface area contributed by atoms with Crippen molar-refractivity contribution >= 4 is 28.2 Å². The number of hydrogen-bond donors (Lipinski definition) is 1. The van der Waals surface area contributed by atoms with Crippen molar-refractivity contribution in [3.05, 3.63) is 77.4 Å². The molecule has 0 bridgehead atoms. The number of likely N-dealkylation sites (tertiary alicyclic amines) is 1. The molecule has 2 fully saturated rings. The van der Waals surface area contributed by atoms with Crippen LogP contribution in [-0.2, 0) is 9.59 Å². The van der Waals surface area contributed by atoms with Crippen molar-refractivity contribution in [3.8, 4) is 11.5 Å². The molecule has 0 spiro atoms. The summed E-state index contributed by atoms with van der Waals surface area (Å²) in [5.41, 5.74) is 1.20. The lowest BCUT2D eigenvalue weighted by atomic mass is 9.93. The second kappa shape index (κ2) is 8.86. The number of carbonyl (C=O) groups is 2. The maximum Gasteiger partial charge on any atom is 0.295 e. The predicted octanol–water partition coefficient (Wildman–Crippen LogP) is 5.22. The fraction of sp³-hybridized carbons (Fsp3) is 0.286. The summed E-state index contributed by atoms with van der Waals surface area (Å²) in [7, 11) is 3.08. The van der Waals surface area contributed by atoms with Gasteiger partial charge in [0.25, 0.3) is 11.7 Å². The van der Waals surface area contributed by atoms with Gasteiger partial charge in [0.1, 0.15) is 5.76 Å². The molecule has 2 aliphatic rings. The Morgan fingerprint density at radius 2 is 1.65 bits per heavy atom. The molecule has 3 aromatic rings. The fourth-order valence-corrected chi connectivity index (χ4v) is 5.33. The van der Waals surface area contributed by atoms with Gasteiger partial charge in [0.05, 0.1) is 25.8 Å². The highest BCUT2D eigenvalue weighted by Crippen LogP contribution is 2.48. The van der Waals surface area contributed by atoms with Gasteiger partial charge in [-0.25, -0.2) is 0 Å². The van der Waals surface area contributed by atoms with E-state index in [-0.39, 0.29) is 17.4 Å². The van der Waals surface area contributed by atoms with E-state index >= 15 is 0 Å². The van der Waals surface area contributed by atoms with Crippen LogP contribution in [0, 0.1) is 0 Å². The van der Waals surface area contributed by atoms with E-state index in [1.165, 1.54) is 7.11 Å². The smallest absolute Gasteiger partial charge is 0.295 e. The van der Waals surface area contributed by atoms with E-state index in [2.05, 4.69) is 0 Å². The molecule has 34 heavy (non-hydrogen) atoms. The third-order valence-corrected chi connectivity index (χ3v) is 6.95. The van der Waals surface area contributed by atoms with Crippen LogP contribution in [0.2, 0.25) is 0 Å². The second-order valence-electron chi connectivity index (χ2n) is 8.79. The molecule has 1 unspecified atom stereocenters. The summed E-state index contributed by atoms with van der Waals surface area (Å²) in [4.78, 5) is 28.4. The first-order valence-electron chi connectivity index (χ1n) is 11.5. The highest BCUT2D eigenvalue weighted by Gasteiger charge is 2.50. The third kappa shape index (κ3) is 3.50. The average Bonchev–Trinajstić information content (AvgIpc) is 3.49. The number of nitrogens with zero attached hydrogens (tertiary/aromatic N) is 1. The number of methoxy groups -OCH3 is 2. The van der Waals surface area contributed by atoms with Gasteiger partial charge in [-0.2, -0.15) is 0 Å². The monoisotopic (exact) mass is 457 g/mol. The number of aliphatic hydroxyl groups excluding tert-OH is 1. The van der Waals surface area contributed by atoms with Crippen molar-refractivity contribution in [2.45, 2.75) is 37.8 Å². The van der Waals surface area contributed by atoms with Gasteiger partial charge in [-0.05, 0) is 35.7 Å². The largest absolute Gasteiger partial charge is 0.507 e. The van der Waals surface area contributed by atoms with Gasteiger partial charge in [0.15, 0.2) is 11.5 Å². The first-order chi connectivity index (χ1) is 16.5. The first kappa shape index (κ1) is 22.0. The van der Waals surface area contributed by atoms with Gasteiger partial charge >= 0.3 is 0 Å². The quantitative estimate of drug-likeness (QED) is 0.323. The second-order valence-corrected chi connectivity index (χ2v) is 8.79. The van der Waals surface area contributed by atoms with Crippen LogP contribution in [0.5, 0.6) is 11.5 Å². The Morgan fingerprint density at radius 1 is 0.912 bits per heavy atom. The van der Waals surface area contributed by atoms with Crippen LogP contribution < -0.4 is 9.47 Å². The molecule has 1 heterocycles. The molecule has 1 aliphatic carbocycles. The topological polar surface area (TPSA) is 76.1 Å². The molecule has 0 radical (unpaired) electrons. The van der Waals surface area contributed by atoms with Crippen LogP contribution in [-0.4, -0.2) is 42.0 Å². The Kier molecular flexibility index (Phi) is 5.74.